The van der Waals surface area contributed by atoms with Gasteiger partial charge in [0.1, 0.15) is 19.9 Å². The highest BCUT2D eigenvalue weighted by atomic mass is 32.2. The summed E-state index contributed by atoms with van der Waals surface area (Å²) in [6.45, 7) is 3.93. The first kappa shape index (κ1) is 44.7. The summed E-state index contributed by atoms with van der Waals surface area (Å²) >= 11 is 0. The highest BCUT2D eigenvalue weighted by Crippen LogP contribution is 2.40. The molecule has 0 unspecified atom stereocenters. The lowest BCUT2D eigenvalue weighted by Crippen LogP contribution is -2.37. The maximum atomic E-state index is 13.8. The molecule has 1 aliphatic carbocycles. The third-order valence-electron chi connectivity index (χ3n) is 9.08. The van der Waals surface area contributed by atoms with Crippen molar-refractivity contribution in [1.29, 1.82) is 0 Å². The van der Waals surface area contributed by atoms with Crippen molar-refractivity contribution in [3.63, 3.8) is 0 Å². The Balaban J connectivity index is 1.44. The Bertz CT molecular complexity index is 3240. The second-order valence-electron chi connectivity index (χ2n) is 13.3. The van der Waals surface area contributed by atoms with E-state index in [9.17, 15) is 53.6 Å². The molecule has 6 rings (SSSR count). The average molecular weight is 906 g/mol. The van der Waals surface area contributed by atoms with Crippen LogP contribution in [0.25, 0.3) is 0 Å². The van der Waals surface area contributed by atoms with Gasteiger partial charge in [0, 0.05) is 29.9 Å². The van der Waals surface area contributed by atoms with E-state index in [-0.39, 0.29) is 57.2 Å². The molecule has 0 radical (unpaired) electrons. The Labute approximate surface area is 352 Å². The predicted octanol–water partition coefficient (Wildman–Crippen LogP) is 2.04. The summed E-state index contributed by atoms with van der Waals surface area (Å²) in [5, 5.41) is 14.0. The van der Waals surface area contributed by atoms with Crippen molar-refractivity contribution in [2.75, 3.05) is 24.1 Å². The summed E-state index contributed by atoms with van der Waals surface area (Å²) < 4.78 is 107. The lowest BCUT2D eigenvalue weighted by Gasteiger charge is -2.23. The van der Waals surface area contributed by atoms with Crippen molar-refractivity contribution < 1.29 is 53.6 Å². The number of H-pyrrole nitrogens is 3. The Kier molecular flexibility index (Phi) is 13.0. The van der Waals surface area contributed by atoms with Crippen LogP contribution in [-0.2, 0) is 30.4 Å². The Hall–Kier alpha value is -6.83. The number of anilines is 3. The number of para-hydroxylation sites is 1. The van der Waals surface area contributed by atoms with Crippen LogP contribution >= 0.6 is 0 Å². The first-order valence-corrected chi connectivity index (χ1v) is 22.5. The number of hydrogen-bond donors (Lipinski definition) is 7. The summed E-state index contributed by atoms with van der Waals surface area (Å²) in [6, 6.07) is 14.8. The van der Waals surface area contributed by atoms with Crippen molar-refractivity contribution in [3.8, 4) is 0 Å². The van der Waals surface area contributed by atoms with Crippen LogP contribution < -0.4 is 33.0 Å². The molecular weight excluding hydrogens is 871 g/mol. The van der Waals surface area contributed by atoms with Gasteiger partial charge in [0.2, 0.25) is 16.9 Å². The molecule has 0 atom stereocenters. The number of benzene rings is 4. The zero-order valence-corrected chi connectivity index (χ0v) is 34.5. The largest absolute Gasteiger partial charge is 0.859 e. The highest BCUT2D eigenvalue weighted by molar-refractivity contribution is 7.86. The van der Waals surface area contributed by atoms with E-state index in [1.54, 1.807) is 0 Å². The number of aliphatic imine (C=N–C) groups is 1. The maximum absolute atomic E-state index is 13.8. The minimum Gasteiger partial charge on any atom is -0.859 e. The second kappa shape index (κ2) is 18.0. The molecule has 0 bridgehead atoms. The molecule has 0 spiro atoms. The van der Waals surface area contributed by atoms with Gasteiger partial charge in [-0.3, -0.25) is 38.6 Å². The van der Waals surface area contributed by atoms with Gasteiger partial charge in [-0.25, -0.2) is 18.4 Å². The molecule has 0 fully saturated rings. The Morgan fingerprint density at radius 3 is 1.85 bits per heavy atom. The fourth-order valence-corrected chi connectivity index (χ4v) is 8.21. The molecule has 1 heterocycles. The van der Waals surface area contributed by atoms with E-state index in [0.717, 1.165) is 36.8 Å². The van der Waals surface area contributed by atoms with Crippen LogP contribution in [0.4, 0.5) is 28.4 Å². The van der Waals surface area contributed by atoms with Crippen molar-refractivity contribution in [2.24, 2.45) is 20.0 Å². The third kappa shape index (κ3) is 10.2. The molecule has 62 heavy (non-hydrogen) atoms. The van der Waals surface area contributed by atoms with Gasteiger partial charge < -0.3 is 25.7 Å². The van der Waals surface area contributed by atoms with Crippen LogP contribution in [0.15, 0.2) is 120 Å². The molecule has 8 N–H and O–H groups in total. The van der Waals surface area contributed by atoms with Gasteiger partial charge in [-0.2, -0.15) is 16.8 Å². The number of carbonyl (C=O) groups excluding carboxylic acids is 2. The molecule has 0 saturated carbocycles. The van der Waals surface area contributed by atoms with Crippen molar-refractivity contribution in [3.05, 3.63) is 125 Å². The van der Waals surface area contributed by atoms with Gasteiger partial charge in [-0.1, -0.05) is 61.9 Å². The van der Waals surface area contributed by atoms with Gasteiger partial charge in [0.15, 0.2) is 11.6 Å². The minimum atomic E-state index is -5.13. The maximum Gasteiger partial charge on any atom is 0.296 e. The van der Waals surface area contributed by atoms with E-state index in [1.165, 1.54) is 48.5 Å². The highest BCUT2D eigenvalue weighted by Gasteiger charge is 2.36. The van der Waals surface area contributed by atoms with E-state index >= 15 is 0 Å². The van der Waals surface area contributed by atoms with Gasteiger partial charge in [0.05, 0.1) is 38.8 Å². The van der Waals surface area contributed by atoms with Gasteiger partial charge in [-0.05, 0) is 55.1 Å². The molecule has 0 saturated heterocycles. The summed E-state index contributed by atoms with van der Waals surface area (Å²) in [5.74, 6) is -1.97. The molecule has 5 aromatic rings. The number of nitrogens with two attached hydrogens (primary N) is 1. The molecule has 324 valence electrons. The van der Waals surface area contributed by atoms with Crippen LogP contribution in [0, 0.1) is 0 Å². The number of nitrogen functional groups attached to an aromatic ring is 1. The van der Waals surface area contributed by atoms with Crippen LogP contribution in [0.3, 0.4) is 0 Å². The first-order chi connectivity index (χ1) is 29.3. The zero-order valence-electron chi connectivity index (χ0n) is 32.0. The SMILES string of the molecule is C=CC([O-])=NCCCCCCN=c1[nH]c(=Nc2ccccc2S(=O)(=O)[O-])[nH]c(=Nc2ccc(Nc3cc(S(=O)(=O)O)c(N)c4c3C(=O)c3ccccc3C4=O)cc2S(=O)(=O)O)[nH]1. The van der Waals surface area contributed by atoms with Gasteiger partial charge in [-0.15, -0.1) is 0 Å². The zero-order chi connectivity index (χ0) is 45.0. The topological polar surface area (TPSA) is 358 Å². The molecule has 0 amide bonds. The standard InChI is InChI=1S/C38H37N9O12S3/c1-2-30(48)40-17-9-3-4-10-18-41-36-45-37(43-24-13-7-8-14-27(24)60(51,52)53)47-38(46-36)44-25-16-15-21(19-28(25)61(54,55)56)42-26-20-29(62(57,58)59)33(39)32-31(26)34(49)22-11-5-6-12-23(22)35(32)50/h2,5-8,11-16,19-20,42H,1,3-4,9-10,17-18,39H2,(H,40,48)(H,51,52,53)(H,54,55,56)(H,57,58,59)(H3,41,43,44,45,46,47)/p-2. The van der Waals surface area contributed by atoms with Gasteiger partial charge >= 0.3 is 0 Å². The number of unbranched alkanes of at least 4 members (excludes halogenated alkanes) is 3. The number of fused-ring (bicyclic) bond motifs is 2. The molecule has 0 aliphatic heterocycles. The average Bonchev–Trinajstić information content (AvgIpc) is 3.20. The van der Waals surface area contributed by atoms with Crippen LogP contribution in [0.5, 0.6) is 0 Å². The summed E-state index contributed by atoms with van der Waals surface area (Å²) in [7, 11) is -15.2. The predicted molar refractivity (Wildman–Crippen MR) is 219 cm³/mol. The fourth-order valence-electron chi connectivity index (χ4n) is 6.30. The number of aromatic nitrogens is 3. The van der Waals surface area contributed by atoms with Crippen molar-refractivity contribution >= 4 is 76.3 Å². The first-order valence-electron chi connectivity index (χ1n) is 18.2. The van der Waals surface area contributed by atoms with Gasteiger partial charge in [0.25, 0.3) is 20.2 Å². The second-order valence-corrected chi connectivity index (χ2v) is 17.5. The fraction of sp³-hybridized carbons (Fsp3) is 0.158. The molecule has 1 aliphatic rings. The van der Waals surface area contributed by atoms with Crippen LogP contribution in [-0.4, -0.2) is 84.4 Å². The number of nitrogens with one attached hydrogen (secondary N) is 4. The quantitative estimate of drug-likeness (QED) is 0.0255. The monoisotopic (exact) mass is 905 g/mol. The molecule has 1 aromatic heterocycles. The normalized spacial score (nSPS) is 14.2. The summed E-state index contributed by atoms with van der Waals surface area (Å²) in [4.78, 5) is 50.1. The van der Waals surface area contributed by atoms with E-state index in [2.05, 4.69) is 46.8 Å². The molecule has 24 heteroatoms. The number of ketones is 2. The molecule has 4 aromatic carbocycles. The number of rotatable bonds is 15. The summed E-state index contributed by atoms with van der Waals surface area (Å²) in [6.07, 6.45) is 3.78. The van der Waals surface area contributed by atoms with Crippen LogP contribution in [0.2, 0.25) is 0 Å². The lowest BCUT2D eigenvalue weighted by molar-refractivity contribution is -0.212. The minimum absolute atomic E-state index is 0.00513. The Morgan fingerprint density at radius 2 is 1.26 bits per heavy atom. The van der Waals surface area contributed by atoms with Crippen LogP contribution in [0.1, 0.15) is 57.5 Å². The van der Waals surface area contributed by atoms with E-state index in [0.29, 0.717) is 25.8 Å². The molecule has 21 nitrogen and oxygen atoms in total. The number of nitrogens with zero attached hydrogens (tertiary/aromatic N) is 4. The van der Waals surface area contributed by atoms with E-state index in [1.807, 2.05) is 0 Å². The molecular formula is C38H35N9O12S3-2. The van der Waals surface area contributed by atoms with Crippen molar-refractivity contribution in [1.82, 2.24) is 15.0 Å². The van der Waals surface area contributed by atoms with E-state index in [4.69, 9.17) is 5.73 Å². The Morgan fingerprint density at radius 1 is 0.710 bits per heavy atom. The summed E-state index contributed by atoms with van der Waals surface area (Å²) in [5.41, 5.74) is 2.68. The number of carbonyl (C=O) groups is 2. The van der Waals surface area contributed by atoms with E-state index < -0.39 is 79.4 Å². The number of hydrogen-bond acceptors (Lipinski definition) is 16. The number of aromatic amines is 3. The lowest BCUT2D eigenvalue weighted by atomic mass is 9.82. The third-order valence-corrected chi connectivity index (χ3v) is 11.7. The van der Waals surface area contributed by atoms with Crippen molar-refractivity contribution in [2.45, 2.75) is 40.4 Å². The smallest absolute Gasteiger partial charge is 0.296 e.